The topological polar surface area (TPSA) is 42.4 Å². The SMILES string of the molecule is CCCCOc1cccc(C(=O)N(Cc2ccccc2)c2nc3c(C)cc(Cl)cc3s2)c1. The van der Waals surface area contributed by atoms with Crippen LogP contribution in [0.3, 0.4) is 0 Å². The first-order valence-corrected chi connectivity index (χ1v) is 11.9. The van der Waals surface area contributed by atoms with E-state index in [1.807, 2.05) is 73.7 Å². The Morgan fingerprint density at radius 2 is 1.91 bits per heavy atom. The van der Waals surface area contributed by atoms with E-state index in [0.29, 0.717) is 34.6 Å². The van der Waals surface area contributed by atoms with E-state index in [1.165, 1.54) is 11.3 Å². The van der Waals surface area contributed by atoms with Gasteiger partial charge in [0.2, 0.25) is 0 Å². The van der Waals surface area contributed by atoms with Crippen LogP contribution in [0.2, 0.25) is 5.02 Å². The third-order valence-electron chi connectivity index (χ3n) is 5.15. The van der Waals surface area contributed by atoms with Crippen LogP contribution in [0.1, 0.15) is 41.3 Å². The molecule has 0 saturated heterocycles. The minimum atomic E-state index is -0.113. The number of hydrogen-bond acceptors (Lipinski definition) is 4. The third kappa shape index (κ3) is 5.12. The fraction of sp³-hybridized carbons (Fsp3) is 0.231. The molecule has 0 aliphatic rings. The summed E-state index contributed by atoms with van der Waals surface area (Å²) in [7, 11) is 0. The molecule has 164 valence electrons. The molecule has 0 bridgehead atoms. The molecule has 0 radical (unpaired) electrons. The zero-order valence-electron chi connectivity index (χ0n) is 18.2. The summed E-state index contributed by atoms with van der Waals surface area (Å²) in [6.45, 7) is 5.17. The average Bonchev–Trinajstić information content (AvgIpc) is 3.22. The second-order valence-corrected chi connectivity index (χ2v) is 9.12. The number of nitrogens with zero attached hydrogens (tertiary/aromatic N) is 2. The number of anilines is 1. The Kier molecular flexibility index (Phi) is 7.08. The van der Waals surface area contributed by atoms with Gasteiger partial charge in [0.05, 0.1) is 23.4 Å². The summed E-state index contributed by atoms with van der Waals surface area (Å²) in [5.74, 6) is 0.591. The second kappa shape index (κ2) is 10.2. The van der Waals surface area contributed by atoms with Crippen LogP contribution in [0.4, 0.5) is 5.13 Å². The van der Waals surface area contributed by atoms with Crippen molar-refractivity contribution in [1.29, 1.82) is 0 Å². The molecule has 6 heteroatoms. The molecule has 1 aromatic heterocycles. The molecule has 0 aliphatic heterocycles. The van der Waals surface area contributed by atoms with Gasteiger partial charge in [-0.3, -0.25) is 9.69 Å². The number of benzene rings is 3. The van der Waals surface area contributed by atoms with Gasteiger partial charge in [0.25, 0.3) is 5.91 Å². The predicted octanol–water partition coefficient (Wildman–Crippen LogP) is 7.28. The van der Waals surface area contributed by atoms with E-state index in [0.717, 1.165) is 34.2 Å². The van der Waals surface area contributed by atoms with E-state index < -0.39 is 0 Å². The van der Waals surface area contributed by atoms with E-state index in [1.54, 1.807) is 4.90 Å². The Hall–Kier alpha value is -2.89. The Morgan fingerprint density at radius 1 is 1.09 bits per heavy atom. The lowest BCUT2D eigenvalue weighted by atomic mass is 10.1. The molecule has 4 aromatic rings. The van der Waals surface area contributed by atoms with E-state index in [4.69, 9.17) is 21.3 Å². The normalized spacial score (nSPS) is 11.0. The van der Waals surface area contributed by atoms with Gasteiger partial charge in [-0.05, 0) is 54.8 Å². The van der Waals surface area contributed by atoms with Crippen molar-refractivity contribution in [3.05, 3.63) is 88.4 Å². The molecule has 1 amide bonds. The van der Waals surface area contributed by atoms with Gasteiger partial charge in [-0.15, -0.1) is 0 Å². The summed E-state index contributed by atoms with van der Waals surface area (Å²) in [6.07, 6.45) is 2.04. The van der Waals surface area contributed by atoms with Crippen LogP contribution < -0.4 is 9.64 Å². The van der Waals surface area contributed by atoms with Crippen molar-refractivity contribution in [3.8, 4) is 5.75 Å². The van der Waals surface area contributed by atoms with E-state index in [2.05, 4.69) is 6.92 Å². The number of carbonyl (C=O) groups excluding carboxylic acids is 1. The number of aromatic nitrogens is 1. The number of ether oxygens (including phenoxy) is 1. The number of aryl methyl sites for hydroxylation is 1. The summed E-state index contributed by atoms with van der Waals surface area (Å²) in [4.78, 5) is 20.2. The summed E-state index contributed by atoms with van der Waals surface area (Å²) in [5, 5.41) is 1.32. The fourth-order valence-electron chi connectivity index (χ4n) is 3.46. The molecule has 4 rings (SSSR count). The van der Waals surface area contributed by atoms with Gasteiger partial charge in [0, 0.05) is 10.6 Å². The van der Waals surface area contributed by atoms with Crippen molar-refractivity contribution >= 4 is 44.2 Å². The molecule has 0 spiro atoms. The smallest absolute Gasteiger partial charge is 0.260 e. The minimum absolute atomic E-state index is 0.113. The fourth-order valence-corrected chi connectivity index (χ4v) is 4.88. The number of halogens is 1. The zero-order valence-corrected chi connectivity index (χ0v) is 19.7. The van der Waals surface area contributed by atoms with Gasteiger partial charge >= 0.3 is 0 Å². The first kappa shape index (κ1) is 22.3. The zero-order chi connectivity index (χ0) is 22.5. The van der Waals surface area contributed by atoms with Crippen molar-refractivity contribution in [2.45, 2.75) is 33.2 Å². The van der Waals surface area contributed by atoms with Crippen molar-refractivity contribution < 1.29 is 9.53 Å². The Labute approximate surface area is 197 Å². The number of amides is 1. The molecule has 0 aliphatic carbocycles. The quantitative estimate of drug-likeness (QED) is 0.257. The molecule has 0 N–H and O–H groups in total. The van der Waals surface area contributed by atoms with Gasteiger partial charge in [-0.1, -0.05) is 72.7 Å². The Bertz CT molecular complexity index is 1220. The third-order valence-corrected chi connectivity index (χ3v) is 6.39. The number of rotatable bonds is 8. The highest BCUT2D eigenvalue weighted by Gasteiger charge is 2.23. The maximum Gasteiger partial charge on any atom is 0.260 e. The van der Waals surface area contributed by atoms with Crippen LogP contribution in [0, 0.1) is 6.92 Å². The maximum absolute atomic E-state index is 13.7. The second-order valence-electron chi connectivity index (χ2n) is 7.67. The largest absolute Gasteiger partial charge is 0.494 e. The van der Waals surface area contributed by atoms with Gasteiger partial charge in [-0.25, -0.2) is 4.98 Å². The molecule has 0 saturated carbocycles. The highest BCUT2D eigenvalue weighted by molar-refractivity contribution is 7.22. The highest BCUT2D eigenvalue weighted by Crippen LogP contribution is 2.34. The summed E-state index contributed by atoms with van der Waals surface area (Å²) >= 11 is 7.73. The number of fused-ring (bicyclic) bond motifs is 1. The van der Waals surface area contributed by atoms with Crippen molar-refractivity contribution in [2.75, 3.05) is 11.5 Å². The van der Waals surface area contributed by atoms with Crippen molar-refractivity contribution in [2.24, 2.45) is 0 Å². The molecule has 1 heterocycles. The van der Waals surface area contributed by atoms with Gasteiger partial charge in [-0.2, -0.15) is 0 Å². The predicted molar refractivity (Wildman–Crippen MR) is 133 cm³/mol. The average molecular weight is 465 g/mol. The molecular weight excluding hydrogens is 440 g/mol. The van der Waals surface area contributed by atoms with Gasteiger partial charge < -0.3 is 4.74 Å². The van der Waals surface area contributed by atoms with Crippen molar-refractivity contribution in [3.63, 3.8) is 0 Å². The highest BCUT2D eigenvalue weighted by atomic mass is 35.5. The molecular formula is C26H25ClN2O2S. The lowest BCUT2D eigenvalue weighted by Crippen LogP contribution is -2.30. The number of hydrogen-bond donors (Lipinski definition) is 0. The van der Waals surface area contributed by atoms with E-state index >= 15 is 0 Å². The monoisotopic (exact) mass is 464 g/mol. The standard InChI is InChI=1S/C26H25ClN2O2S/c1-3-4-13-31-22-12-8-11-20(15-22)25(30)29(17-19-9-6-5-7-10-19)26-28-24-18(2)14-21(27)16-23(24)32-26/h5-12,14-16H,3-4,13,17H2,1-2H3. The van der Waals surface area contributed by atoms with Crippen LogP contribution in [-0.4, -0.2) is 17.5 Å². The lowest BCUT2D eigenvalue weighted by Gasteiger charge is -2.20. The van der Waals surface area contributed by atoms with Gasteiger partial charge in [0.1, 0.15) is 5.75 Å². The molecule has 32 heavy (non-hydrogen) atoms. The van der Waals surface area contributed by atoms with E-state index in [9.17, 15) is 4.79 Å². The van der Waals surface area contributed by atoms with Crippen LogP contribution in [0.5, 0.6) is 5.75 Å². The maximum atomic E-state index is 13.7. The molecule has 0 fully saturated rings. The lowest BCUT2D eigenvalue weighted by molar-refractivity contribution is 0.0984. The van der Waals surface area contributed by atoms with Crippen molar-refractivity contribution in [1.82, 2.24) is 4.98 Å². The summed E-state index contributed by atoms with van der Waals surface area (Å²) in [6, 6.07) is 21.1. The van der Waals surface area contributed by atoms with Crippen LogP contribution in [0.15, 0.2) is 66.7 Å². The Morgan fingerprint density at radius 3 is 2.69 bits per heavy atom. The first-order chi connectivity index (χ1) is 15.5. The van der Waals surface area contributed by atoms with Crippen LogP contribution >= 0.6 is 22.9 Å². The first-order valence-electron chi connectivity index (χ1n) is 10.7. The molecule has 3 aromatic carbocycles. The number of carbonyl (C=O) groups is 1. The van der Waals surface area contributed by atoms with E-state index in [-0.39, 0.29) is 5.91 Å². The molecule has 0 atom stereocenters. The van der Waals surface area contributed by atoms with Crippen LogP contribution in [0.25, 0.3) is 10.2 Å². The number of thiazole rings is 1. The molecule has 0 unspecified atom stereocenters. The summed E-state index contributed by atoms with van der Waals surface area (Å²) in [5.41, 5.74) is 3.47. The summed E-state index contributed by atoms with van der Waals surface area (Å²) < 4.78 is 6.78. The molecule has 4 nitrogen and oxygen atoms in total. The number of unbranched alkanes of at least 4 members (excludes halogenated alkanes) is 1. The van der Waals surface area contributed by atoms with Gasteiger partial charge in [0.15, 0.2) is 5.13 Å². The Balaban J connectivity index is 1.71. The van der Waals surface area contributed by atoms with Crippen LogP contribution in [-0.2, 0) is 6.54 Å². The minimum Gasteiger partial charge on any atom is -0.494 e.